The Morgan fingerprint density at radius 1 is 1.33 bits per heavy atom. The number of ether oxygens (including phenoxy) is 1. The molecule has 0 aliphatic carbocycles. The van der Waals surface area contributed by atoms with E-state index in [1.807, 2.05) is 6.07 Å². The monoisotopic (exact) mass is 198 g/mol. The third-order valence-corrected chi connectivity index (χ3v) is 1.68. The third-order valence-electron chi connectivity index (χ3n) is 1.68. The SMILES string of the molecule is COc1cc(C#N)cc(C#CC#N)c1O. The summed E-state index contributed by atoms with van der Waals surface area (Å²) in [5, 5.41) is 26.6. The summed E-state index contributed by atoms with van der Waals surface area (Å²) in [7, 11) is 1.37. The summed E-state index contributed by atoms with van der Waals surface area (Å²) >= 11 is 0. The molecule has 72 valence electrons. The van der Waals surface area contributed by atoms with Crippen LogP contribution in [-0.4, -0.2) is 12.2 Å². The van der Waals surface area contributed by atoms with Gasteiger partial charge in [0.25, 0.3) is 0 Å². The smallest absolute Gasteiger partial charge is 0.173 e. The predicted octanol–water partition coefficient (Wildman–Crippen LogP) is 1.15. The van der Waals surface area contributed by atoms with Crippen LogP contribution in [0.2, 0.25) is 0 Å². The first-order valence-electron chi connectivity index (χ1n) is 3.94. The van der Waals surface area contributed by atoms with Crippen molar-refractivity contribution in [3.63, 3.8) is 0 Å². The molecule has 4 nitrogen and oxygen atoms in total. The summed E-state index contributed by atoms with van der Waals surface area (Å²) in [6, 6.07) is 6.31. The first-order chi connectivity index (χ1) is 7.22. The van der Waals surface area contributed by atoms with Gasteiger partial charge in [-0.2, -0.15) is 10.5 Å². The molecule has 0 fully saturated rings. The normalized spacial score (nSPS) is 7.93. The molecule has 0 aliphatic rings. The van der Waals surface area contributed by atoms with E-state index in [0.717, 1.165) is 0 Å². The van der Waals surface area contributed by atoms with Gasteiger partial charge in [-0.15, -0.1) is 0 Å². The number of hydrogen-bond donors (Lipinski definition) is 1. The van der Waals surface area contributed by atoms with Gasteiger partial charge in [-0.25, -0.2) is 0 Å². The van der Waals surface area contributed by atoms with Crippen LogP contribution in [0.3, 0.4) is 0 Å². The summed E-state index contributed by atoms with van der Waals surface area (Å²) in [5.41, 5.74) is 0.513. The Morgan fingerprint density at radius 3 is 2.60 bits per heavy atom. The van der Waals surface area contributed by atoms with Crippen molar-refractivity contribution in [3.8, 4) is 35.5 Å². The minimum absolute atomic E-state index is 0.163. The van der Waals surface area contributed by atoms with Crippen LogP contribution in [0.4, 0.5) is 0 Å². The molecule has 0 bridgehead atoms. The summed E-state index contributed by atoms with van der Waals surface area (Å²) in [4.78, 5) is 0. The van der Waals surface area contributed by atoms with Crippen LogP contribution in [0.1, 0.15) is 11.1 Å². The van der Waals surface area contributed by atoms with Crippen LogP contribution in [0.25, 0.3) is 0 Å². The van der Waals surface area contributed by atoms with E-state index in [2.05, 4.69) is 11.8 Å². The standard InChI is InChI=1S/C11H6N2O2/c1-15-10-6-8(7-13)5-9(11(10)14)3-2-4-12/h5-6,14H,1H3. The molecule has 0 aliphatic heterocycles. The molecule has 0 saturated carbocycles. The van der Waals surface area contributed by atoms with E-state index in [9.17, 15) is 5.11 Å². The lowest BCUT2D eigenvalue weighted by molar-refractivity contribution is 0.372. The number of phenols is 1. The number of rotatable bonds is 1. The number of nitrogens with zero attached hydrogens (tertiary/aromatic N) is 2. The molecule has 1 aromatic carbocycles. The van der Waals surface area contributed by atoms with E-state index in [1.54, 1.807) is 6.07 Å². The van der Waals surface area contributed by atoms with Crippen LogP contribution in [0.15, 0.2) is 12.1 Å². The Morgan fingerprint density at radius 2 is 2.07 bits per heavy atom. The van der Waals surface area contributed by atoms with Crippen LogP contribution in [0, 0.1) is 34.5 Å². The molecule has 1 rings (SSSR count). The molecular weight excluding hydrogens is 192 g/mol. The maximum absolute atomic E-state index is 9.59. The van der Waals surface area contributed by atoms with Crippen LogP contribution >= 0.6 is 0 Å². The average Bonchev–Trinajstić information content (AvgIpc) is 2.27. The minimum Gasteiger partial charge on any atom is -0.503 e. The second-order valence-corrected chi connectivity index (χ2v) is 2.55. The molecule has 1 N–H and O–H groups in total. The summed E-state index contributed by atoms with van der Waals surface area (Å²) < 4.78 is 4.86. The largest absolute Gasteiger partial charge is 0.503 e. The highest BCUT2D eigenvalue weighted by Gasteiger charge is 2.08. The predicted molar refractivity (Wildman–Crippen MR) is 51.9 cm³/mol. The van der Waals surface area contributed by atoms with Gasteiger partial charge in [-0.05, 0) is 12.0 Å². The third kappa shape index (κ3) is 2.18. The van der Waals surface area contributed by atoms with Crippen molar-refractivity contribution in [1.29, 1.82) is 10.5 Å². The first kappa shape index (κ1) is 10.4. The van der Waals surface area contributed by atoms with Gasteiger partial charge < -0.3 is 9.84 Å². The Balaban J connectivity index is 3.40. The van der Waals surface area contributed by atoms with Crippen molar-refractivity contribution in [2.75, 3.05) is 7.11 Å². The maximum Gasteiger partial charge on any atom is 0.173 e. The molecule has 0 radical (unpaired) electrons. The van der Waals surface area contributed by atoms with E-state index >= 15 is 0 Å². The van der Waals surface area contributed by atoms with E-state index in [4.69, 9.17) is 15.3 Å². The van der Waals surface area contributed by atoms with Crippen molar-refractivity contribution in [2.24, 2.45) is 0 Å². The minimum atomic E-state index is -0.167. The number of methoxy groups -OCH3 is 1. The topological polar surface area (TPSA) is 77.0 Å². The second kappa shape index (κ2) is 4.56. The number of aromatic hydroxyl groups is 1. The van der Waals surface area contributed by atoms with Crippen LogP contribution in [0.5, 0.6) is 11.5 Å². The molecule has 1 aromatic rings. The highest BCUT2D eigenvalue weighted by atomic mass is 16.5. The molecule has 0 spiro atoms. The van der Waals surface area contributed by atoms with Gasteiger partial charge in [0.2, 0.25) is 0 Å². The Bertz CT molecular complexity index is 524. The van der Waals surface area contributed by atoms with Crippen molar-refractivity contribution in [2.45, 2.75) is 0 Å². The molecular formula is C11H6N2O2. The second-order valence-electron chi connectivity index (χ2n) is 2.55. The zero-order valence-corrected chi connectivity index (χ0v) is 7.90. The van der Waals surface area contributed by atoms with Crippen LogP contribution < -0.4 is 4.74 Å². The van der Waals surface area contributed by atoms with Gasteiger partial charge in [0.05, 0.1) is 24.3 Å². The number of phenolic OH excluding ortho intramolecular Hbond substituents is 1. The first-order valence-corrected chi connectivity index (χ1v) is 3.94. The molecule has 0 unspecified atom stereocenters. The van der Waals surface area contributed by atoms with Gasteiger partial charge in [0, 0.05) is 12.0 Å². The van der Waals surface area contributed by atoms with Gasteiger partial charge in [0.15, 0.2) is 17.6 Å². The van der Waals surface area contributed by atoms with E-state index < -0.39 is 0 Å². The molecule has 0 saturated heterocycles. The van der Waals surface area contributed by atoms with Crippen molar-refractivity contribution < 1.29 is 9.84 Å². The Labute approximate surface area is 86.9 Å². The van der Waals surface area contributed by atoms with Gasteiger partial charge in [0.1, 0.15) is 0 Å². The molecule has 0 aromatic heterocycles. The zero-order valence-electron chi connectivity index (χ0n) is 7.90. The lowest BCUT2D eigenvalue weighted by Crippen LogP contribution is -1.88. The van der Waals surface area contributed by atoms with Gasteiger partial charge in [-0.1, -0.05) is 0 Å². The van der Waals surface area contributed by atoms with Crippen molar-refractivity contribution in [1.82, 2.24) is 0 Å². The van der Waals surface area contributed by atoms with Gasteiger partial charge >= 0.3 is 0 Å². The average molecular weight is 198 g/mol. The maximum atomic E-state index is 9.59. The number of nitriles is 2. The lowest BCUT2D eigenvalue weighted by Gasteiger charge is -2.04. The van der Waals surface area contributed by atoms with E-state index in [1.165, 1.54) is 19.2 Å². The number of hydrogen-bond acceptors (Lipinski definition) is 4. The highest BCUT2D eigenvalue weighted by Crippen LogP contribution is 2.30. The van der Waals surface area contributed by atoms with Gasteiger partial charge in [-0.3, -0.25) is 0 Å². The van der Waals surface area contributed by atoms with Crippen molar-refractivity contribution >= 4 is 0 Å². The molecule has 4 heteroatoms. The lowest BCUT2D eigenvalue weighted by atomic mass is 10.1. The fourth-order valence-corrected chi connectivity index (χ4v) is 1.02. The fraction of sp³-hybridized carbons (Fsp3) is 0.0909. The molecule has 15 heavy (non-hydrogen) atoms. The van der Waals surface area contributed by atoms with Crippen LogP contribution in [-0.2, 0) is 0 Å². The number of benzene rings is 1. The van der Waals surface area contributed by atoms with Crippen molar-refractivity contribution in [3.05, 3.63) is 23.3 Å². The fourth-order valence-electron chi connectivity index (χ4n) is 1.02. The zero-order chi connectivity index (χ0) is 11.3. The van der Waals surface area contributed by atoms with E-state index in [0.29, 0.717) is 5.56 Å². The molecule has 0 amide bonds. The Hall–Kier alpha value is -2.64. The highest BCUT2D eigenvalue weighted by molar-refractivity contribution is 5.58. The summed E-state index contributed by atoms with van der Waals surface area (Å²) in [5.74, 6) is 4.55. The summed E-state index contributed by atoms with van der Waals surface area (Å²) in [6.45, 7) is 0. The molecule has 0 heterocycles. The Kier molecular flexibility index (Phi) is 3.17. The quantitative estimate of drug-likeness (QED) is 0.686. The van der Waals surface area contributed by atoms with E-state index in [-0.39, 0.29) is 17.1 Å². The molecule has 0 atom stereocenters. The summed E-state index contributed by atoms with van der Waals surface area (Å²) in [6.07, 6.45) is 0.